The number of hydrogen-bond acceptors (Lipinski definition) is 3. The summed E-state index contributed by atoms with van der Waals surface area (Å²) in [5, 5.41) is 2.93. The quantitative estimate of drug-likeness (QED) is 0.589. The normalized spacial score (nSPS) is 10.3. The molecule has 0 aliphatic carbocycles. The summed E-state index contributed by atoms with van der Waals surface area (Å²) in [6, 6.07) is 5.54. The molecule has 0 saturated heterocycles. The minimum Gasteiger partial charge on any atom is -0.398 e. The van der Waals surface area contributed by atoms with Crippen LogP contribution in [0, 0.1) is 6.92 Å². The van der Waals surface area contributed by atoms with E-state index < -0.39 is 0 Å². The zero-order valence-electron chi connectivity index (χ0n) is 11.2. The molecule has 100 valence electrons. The molecule has 0 fully saturated rings. The monoisotopic (exact) mass is 266 g/mol. The Hall–Kier alpha value is -1.16. The molecule has 0 aliphatic heterocycles. The van der Waals surface area contributed by atoms with Crippen LogP contribution in [-0.2, 0) is 0 Å². The first-order valence-electron chi connectivity index (χ1n) is 6.29. The van der Waals surface area contributed by atoms with Crippen molar-refractivity contribution in [3.63, 3.8) is 0 Å². The highest BCUT2D eigenvalue weighted by Crippen LogP contribution is 2.15. The Kier molecular flexibility index (Phi) is 6.65. The molecule has 3 nitrogen and oxygen atoms in total. The Bertz CT molecular complexity index is 373. The third kappa shape index (κ3) is 4.61. The summed E-state index contributed by atoms with van der Waals surface area (Å²) in [6.45, 7) is 2.63. The number of anilines is 1. The number of carbonyl (C=O) groups excluding carboxylic acids is 1. The van der Waals surface area contributed by atoms with Crippen molar-refractivity contribution in [2.75, 3.05) is 24.3 Å². The Balaban J connectivity index is 2.37. The number of hydrogen-bond donors (Lipinski definition) is 2. The predicted molar refractivity (Wildman–Crippen MR) is 80.2 cm³/mol. The Morgan fingerprint density at radius 3 is 2.78 bits per heavy atom. The van der Waals surface area contributed by atoms with E-state index in [9.17, 15) is 4.79 Å². The third-order valence-electron chi connectivity index (χ3n) is 2.84. The number of thioether (sulfide) groups is 1. The lowest BCUT2D eigenvalue weighted by Gasteiger charge is -2.09. The molecule has 1 rings (SSSR count). The third-order valence-corrected chi connectivity index (χ3v) is 3.54. The Morgan fingerprint density at radius 1 is 1.33 bits per heavy atom. The molecule has 0 atom stereocenters. The van der Waals surface area contributed by atoms with Crippen LogP contribution < -0.4 is 11.1 Å². The van der Waals surface area contributed by atoms with Crippen molar-refractivity contribution < 1.29 is 4.79 Å². The van der Waals surface area contributed by atoms with Gasteiger partial charge in [0.05, 0.1) is 5.56 Å². The van der Waals surface area contributed by atoms with Crippen molar-refractivity contribution in [3.8, 4) is 0 Å². The summed E-state index contributed by atoms with van der Waals surface area (Å²) in [7, 11) is 0. The van der Waals surface area contributed by atoms with E-state index in [0.29, 0.717) is 11.3 Å². The first kappa shape index (κ1) is 14.9. The number of carbonyl (C=O) groups is 1. The highest BCUT2D eigenvalue weighted by atomic mass is 32.2. The van der Waals surface area contributed by atoms with Gasteiger partial charge in [0.2, 0.25) is 0 Å². The maximum absolute atomic E-state index is 12.0. The molecule has 4 heteroatoms. The van der Waals surface area contributed by atoms with Crippen molar-refractivity contribution >= 4 is 23.4 Å². The number of nitrogens with one attached hydrogen (secondary N) is 1. The fraction of sp³-hybridized carbons (Fsp3) is 0.500. The summed E-state index contributed by atoms with van der Waals surface area (Å²) >= 11 is 1.86. The minimum absolute atomic E-state index is 0.0598. The van der Waals surface area contributed by atoms with Crippen molar-refractivity contribution in [3.05, 3.63) is 29.3 Å². The van der Waals surface area contributed by atoms with Gasteiger partial charge in [-0.15, -0.1) is 0 Å². The molecule has 18 heavy (non-hydrogen) atoms. The van der Waals surface area contributed by atoms with E-state index in [1.807, 2.05) is 30.8 Å². The lowest BCUT2D eigenvalue weighted by molar-refractivity contribution is 0.0953. The zero-order valence-corrected chi connectivity index (χ0v) is 12.0. The number of aryl methyl sites for hydroxylation is 1. The molecule has 1 aromatic carbocycles. The minimum atomic E-state index is -0.0598. The van der Waals surface area contributed by atoms with E-state index in [1.54, 1.807) is 6.07 Å². The largest absolute Gasteiger partial charge is 0.398 e. The van der Waals surface area contributed by atoms with Gasteiger partial charge in [0.25, 0.3) is 5.91 Å². The van der Waals surface area contributed by atoms with Gasteiger partial charge in [-0.1, -0.05) is 18.6 Å². The van der Waals surface area contributed by atoms with Gasteiger partial charge in [-0.25, -0.2) is 0 Å². The molecule has 0 heterocycles. The molecule has 3 N–H and O–H groups in total. The van der Waals surface area contributed by atoms with Gasteiger partial charge in [0.1, 0.15) is 0 Å². The fourth-order valence-corrected chi connectivity index (χ4v) is 2.33. The molecule has 0 aliphatic rings. The Morgan fingerprint density at radius 2 is 2.11 bits per heavy atom. The number of unbranched alkanes of at least 4 members (excludes halogenated alkanes) is 2. The lowest BCUT2D eigenvalue weighted by atomic mass is 10.1. The highest BCUT2D eigenvalue weighted by molar-refractivity contribution is 7.98. The summed E-state index contributed by atoms with van der Waals surface area (Å²) in [5.41, 5.74) is 7.92. The lowest BCUT2D eigenvalue weighted by Crippen LogP contribution is -2.26. The van der Waals surface area contributed by atoms with Crippen LogP contribution in [0.2, 0.25) is 0 Å². The van der Waals surface area contributed by atoms with Crippen LogP contribution in [0.1, 0.15) is 35.2 Å². The van der Waals surface area contributed by atoms with Crippen molar-refractivity contribution in [2.45, 2.75) is 26.2 Å². The van der Waals surface area contributed by atoms with Crippen LogP contribution in [0.25, 0.3) is 0 Å². The number of amides is 1. The molecule has 0 spiro atoms. The van der Waals surface area contributed by atoms with Crippen molar-refractivity contribution in [1.82, 2.24) is 5.32 Å². The van der Waals surface area contributed by atoms with E-state index in [0.717, 1.165) is 24.9 Å². The van der Waals surface area contributed by atoms with Crippen LogP contribution in [0.15, 0.2) is 18.2 Å². The molecule has 1 amide bonds. The van der Waals surface area contributed by atoms with Gasteiger partial charge in [-0.05, 0) is 43.4 Å². The van der Waals surface area contributed by atoms with E-state index in [4.69, 9.17) is 5.73 Å². The molecule has 1 aromatic rings. The fourth-order valence-electron chi connectivity index (χ4n) is 1.84. The van der Waals surface area contributed by atoms with Gasteiger partial charge in [0, 0.05) is 12.2 Å². The van der Waals surface area contributed by atoms with Gasteiger partial charge in [-0.3, -0.25) is 4.79 Å². The van der Waals surface area contributed by atoms with Crippen LogP contribution in [0.5, 0.6) is 0 Å². The molecule has 0 aromatic heterocycles. The molecular formula is C14H22N2OS. The zero-order chi connectivity index (χ0) is 13.4. The second kappa shape index (κ2) is 8.03. The van der Waals surface area contributed by atoms with Crippen LogP contribution >= 0.6 is 11.8 Å². The second-order valence-electron chi connectivity index (χ2n) is 4.35. The van der Waals surface area contributed by atoms with Crippen LogP contribution in [0.3, 0.4) is 0 Å². The highest BCUT2D eigenvalue weighted by Gasteiger charge is 2.11. The summed E-state index contributed by atoms with van der Waals surface area (Å²) in [5.74, 6) is 1.13. The molecule has 0 unspecified atom stereocenters. The topological polar surface area (TPSA) is 55.1 Å². The van der Waals surface area contributed by atoms with Gasteiger partial charge < -0.3 is 11.1 Å². The molecular weight excluding hydrogens is 244 g/mol. The smallest absolute Gasteiger partial charge is 0.253 e. The van der Waals surface area contributed by atoms with E-state index in [1.165, 1.54) is 12.2 Å². The standard InChI is InChI=1S/C14H22N2OS/c1-11-7-6-8-12(15)13(11)14(17)16-9-4-3-5-10-18-2/h6-8H,3-5,9-10,15H2,1-2H3,(H,16,17). The maximum atomic E-state index is 12.0. The first-order chi connectivity index (χ1) is 8.66. The van der Waals surface area contributed by atoms with Gasteiger partial charge in [-0.2, -0.15) is 11.8 Å². The molecule has 0 saturated carbocycles. The van der Waals surface area contributed by atoms with Gasteiger partial charge in [0.15, 0.2) is 0 Å². The van der Waals surface area contributed by atoms with E-state index in [-0.39, 0.29) is 5.91 Å². The average Bonchev–Trinajstić information content (AvgIpc) is 2.33. The predicted octanol–water partition coefficient (Wildman–Crippen LogP) is 2.84. The van der Waals surface area contributed by atoms with E-state index >= 15 is 0 Å². The number of rotatable bonds is 7. The SMILES string of the molecule is CSCCCCCNC(=O)c1c(C)cccc1N. The molecule has 0 radical (unpaired) electrons. The number of benzene rings is 1. The summed E-state index contributed by atoms with van der Waals surface area (Å²) in [6.07, 6.45) is 5.51. The Labute approximate surface area is 114 Å². The number of nitrogen functional groups attached to an aromatic ring is 1. The number of nitrogens with two attached hydrogens (primary N) is 1. The van der Waals surface area contributed by atoms with Crippen LogP contribution in [-0.4, -0.2) is 24.5 Å². The maximum Gasteiger partial charge on any atom is 0.253 e. The first-order valence-corrected chi connectivity index (χ1v) is 7.68. The van der Waals surface area contributed by atoms with Gasteiger partial charge >= 0.3 is 0 Å². The van der Waals surface area contributed by atoms with Crippen molar-refractivity contribution in [2.24, 2.45) is 0 Å². The molecule has 0 bridgehead atoms. The van der Waals surface area contributed by atoms with Crippen LogP contribution in [0.4, 0.5) is 5.69 Å². The summed E-state index contributed by atoms with van der Waals surface area (Å²) in [4.78, 5) is 12.0. The van der Waals surface area contributed by atoms with E-state index in [2.05, 4.69) is 11.6 Å². The average molecular weight is 266 g/mol. The second-order valence-corrected chi connectivity index (χ2v) is 5.33. The summed E-state index contributed by atoms with van der Waals surface area (Å²) < 4.78 is 0. The van der Waals surface area contributed by atoms with Crippen molar-refractivity contribution in [1.29, 1.82) is 0 Å².